The van der Waals surface area contributed by atoms with Gasteiger partial charge in [0.05, 0.1) is 28.8 Å². The predicted molar refractivity (Wildman–Crippen MR) is 86.5 cm³/mol. The highest BCUT2D eigenvalue weighted by Crippen LogP contribution is 2.27. The van der Waals surface area contributed by atoms with Crippen molar-refractivity contribution >= 4 is 33.2 Å². The Morgan fingerprint density at radius 1 is 1.43 bits per heavy atom. The quantitative estimate of drug-likeness (QED) is 0.849. The Labute approximate surface area is 138 Å². The van der Waals surface area contributed by atoms with Gasteiger partial charge in [0.25, 0.3) is 5.91 Å². The third-order valence-electron chi connectivity index (χ3n) is 3.64. The van der Waals surface area contributed by atoms with Gasteiger partial charge in [0.1, 0.15) is 11.0 Å². The summed E-state index contributed by atoms with van der Waals surface area (Å²) in [7, 11) is -3.03. The number of sulfone groups is 1. The zero-order valence-electron chi connectivity index (χ0n) is 12.4. The summed E-state index contributed by atoms with van der Waals surface area (Å²) in [6.45, 7) is 1.79. The minimum Gasteiger partial charge on any atom is -0.307 e. The van der Waals surface area contributed by atoms with Crippen molar-refractivity contribution in [3.05, 3.63) is 40.8 Å². The van der Waals surface area contributed by atoms with Gasteiger partial charge in [-0.15, -0.1) is 0 Å². The van der Waals surface area contributed by atoms with Crippen LogP contribution in [0, 0.1) is 6.92 Å². The van der Waals surface area contributed by atoms with E-state index in [2.05, 4.69) is 15.4 Å². The maximum absolute atomic E-state index is 12.3. The van der Waals surface area contributed by atoms with Crippen LogP contribution in [-0.4, -0.2) is 40.6 Å². The molecule has 2 aromatic rings. The highest BCUT2D eigenvalue weighted by molar-refractivity contribution is 7.91. The average molecular weight is 355 g/mol. The number of aryl methyl sites for hydroxylation is 1. The van der Waals surface area contributed by atoms with Crippen molar-refractivity contribution in [2.45, 2.75) is 19.4 Å². The van der Waals surface area contributed by atoms with Crippen LogP contribution in [0.5, 0.6) is 0 Å². The topological polar surface area (TPSA) is 94.0 Å². The molecule has 3 rings (SSSR count). The molecule has 1 fully saturated rings. The Hall–Kier alpha value is -1.93. The first-order valence-corrected chi connectivity index (χ1v) is 9.23. The molecule has 7 nitrogen and oxygen atoms in total. The molecule has 0 saturated carbocycles. The van der Waals surface area contributed by atoms with E-state index >= 15 is 0 Å². The maximum Gasteiger partial charge on any atom is 0.258 e. The van der Waals surface area contributed by atoms with Crippen LogP contribution in [0.4, 0.5) is 5.82 Å². The molecular weight excluding hydrogens is 340 g/mol. The summed E-state index contributed by atoms with van der Waals surface area (Å²) in [5.74, 6) is 0.311. The van der Waals surface area contributed by atoms with Gasteiger partial charge in [-0.1, -0.05) is 11.6 Å². The molecule has 2 aromatic heterocycles. The number of aromatic nitrogens is 3. The molecule has 1 atom stereocenters. The third-order valence-corrected chi connectivity index (χ3v) is 5.62. The second-order valence-electron chi connectivity index (χ2n) is 5.50. The summed E-state index contributed by atoms with van der Waals surface area (Å²) in [5, 5.41) is 7.38. The smallest absolute Gasteiger partial charge is 0.258 e. The number of carbonyl (C=O) groups excluding carboxylic acids is 1. The van der Waals surface area contributed by atoms with E-state index in [1.807, 2.05) is 0 Å². The first-order valence-electron chi connectivity index (χ1n) is 7.03. The van der Waals surface area contributed by atoms with Crippen LogP contribution in [0.3, 0.4) is 0 Å². The Bertz CT molecular complexity index is 845. The molecular formula is C14H15ClN4O3S. The molecule has 1 unspecified atom stereocenters. The maximum atomic E-state index is 12.3. The van der Waals surface area contributed by atoms with Crippen LogP contribution in [0.1, 0.15) is 28.5 Å². The molecule has 0 aromatic carbocycles. The van der Waals surface area contributed by atoms with Gasteiger partial charge < -0.3 is 5.32 Å². The largest absolute Gasteiger partial charge is 0.307 e. The monoisotopic (exact) mass is 354 g/mol. The molecule has 0 aliphatic carbocycles. The Kier molecular flexibility index (Phi) is 4.11. The number of anilines is 1. The average Bonchev–Trinajstić information content (AvgIpc) is 3.02. The number of carbonyl (C=O) groups is 1. The van der Waals surface area contributed by atoms with E-state index in [9.17, 15) is 13.2 Å². The Morgan fingerprint density at radius 2 is 2.22 bits per heavy atom. The van der Waals surface area contributed by atoms with Crippen molar-refractivity contribution in [3.63, 3.8) is 0 Å². The minimum atomic E-state index is -3.03. The summed E-state index contributed by atoms with van der Waals surface area (Å²) >= 11 is 5.70. The SMILES string of the molecule is Cc1cc(NC(=O)c2ccc(Cl)nc2)n(C2CCS(=O)(=O)C2)n1. The lowest BCUT2D eigenvalue weighted by Gasteiger charge is -2.13. The van der Waals surface area contributed by atoms with Crippen LogP contribution < -0.4 is 5.32 Å². The van der Waals surface area contributed by atoms with Crippen molar-refractivity contribution < 1.29 is 13.2 Å². The molecule has 0 spiro atoms. The lowest BCUT2D eigenvalue weighted by atomic mass is 10.2. The number of halogens is 1. The summed E-state index contributed by atoms with van der Waals surface area (Å²) in [6, 6.07) is 4.56. The van der Waals surface area contributed by atoms with Gasteiger partial charge in [0.2, 0.25) is 0 Å². The fourth-order valence-electron chi connectivity index (χ4n) is 2.56. The summed E-state index contributed by atoms with van der Waals surface area (Å²) < 4.78 is 24.9. The van der Waals surface area contributed by atoms with E-state index in [0.717, 1.165) is 0 Å². The van der Waals surface area contributed by atoms with E-state index in [4.69, 9.17) is 11.6 Å². The highest BCUT2D eigenvalue weighted by atomic mass is 35.5. The number of amides is 1. The van der Waals surface area contributed by atoms with Crippen LogP contribution in [0.15, 0.2) is 24.4 Å². The Balaban J connectivity index is 1.83. The van der Waals surface area contributed by atoms with Crippen molar-refractivity contribution in [2.24, 2.45) is 0 Å². The normalized spacial score (nSPS) is 19.7. The lowest BCUT2D eigenvalue weighted by molar-refractivity contribution is 0.102. The number of rotatable bonds is 3. The van der Waals surface area contributed by atoms with E-state index < -0.39 is 9.84 Å². The van der Waals surface area contributed by atoms with E-state index in [0.29, 0.717) is 28.6 Å². The van der Waals surface area contributed by atoms with Crippen LogP contribution in [0.25, 0.3) is 0 Å². The fourth-order valence-corrected chi connectivity index (χ4v) is 4.36. The molecule has 1 N–H and O–H groups in total. The van der Waals surface area contributed by atoms with E-state index in [-0.39, 0.29) is 23.5 Å². The third kappa shape index (κ3) is 3.53. The molecule has 0 bridgehead atoms. The summed E-state index contributed by atoms with van der Waals surface area (Å²) in [4.78, 5) is 16.1. The summed E-state index contributed by atoms with van der Waals surface area (Å²) in [5.41, 5.74) is 1.07. The fraction of sp³-hybridized carbons (Fsp3) is 0.357. The standard InChI is InChI=1S/C14H15ClN4O3S/c1-9-6-13(17-14(20)10-2-3-12(15)16-7-10)19(18-9)11-4-5-23(21,22)8-11/h2-3,6-7,11H,4-5,8H2,1H3,(H,17,20). The van der Waals surface area contributed by atoms with E-state index in [1.165, 1.54) is 12.3 Å². The minimum absolute atomic E-state index is 0.0412. The van der Waals surface area contributed by atoms with Gasteiger partial charge in [0, 0.05) is 12.3 Å². The zero-order valence-corrected chi connectivity index (χ0v) is 13.9. The predicted octanol–water partition coefficient (Wildman–Crippen LogP) is 1.85. The lowest BCUT2D eigenvalue weighted by Crippen LogP contribution is -2.19. The molecule has 3 heterocycles. The van der Waals surface area contributed by atoms with Gasteiger partial charge in [-0.3, -0.25) is 4.79 Å². The molecule has 1 saturated heterocycles. The van der Waals surface area contributed by atoms with Gasteiger partial charge in [-0.05, 0) is 25.5 Å². The van der Waals surface area contributed by atoms with Crippen LogP contribution in [0.2, 0.25) is 5.15 Å². The highest BCUT2D eigenvalue weighted by Gasteiger charge is 2.31. The number of hydrogen-bond donors (Lipinski definition) is 1. The van der Waals surface area contributed by atoms with Crippen molar-refractivity contribution in [3.8, 4) is 0 Å². The second-order valence-corrected chi connectivity index (χ2v) is 8.11. The van der Waals surface area contributed by atoms with Crippen LogP contribution >= 0.6 is 11.6 Å². The first kappa shape index (κ1) is 15.9. The van der Waals surface area contributed by atoms with Gasteiger partial charge >= 0.3 is 0 Å². The molecule has 9 heteroatoms. The Morgan fingerprint density at radius 3 is 2.83 bits per heavy atom. The molecule has 122 valence electrons. The first-order chi connectivity index (χ1) is 10.8. The van der Waals surface area contributed by atoms with Crippen molar-refractivity contribution in [1.29, 1.82) is 0 Å². The number of pyridine rings is 1. The van der Waals surface area contributed by atoms with Gasteiger partial charge in [0.15, 0.2) is 9.84 Å². The molecule has 1 aliphatic rings. The number of nitrogens with one attached hydrogen (secondary N) is 1. The van der Waals surface area contributed by atoms with Crippen LogP contribution in [-0.2, 0) is 9.84 Å². The van der Waals surface area contributed by atoms with Crippen molar-refractivity contribution in [1.82, 2.24) is 14.8 Å². The zero-order chi connectivity index (χ0) is 16.6. The number of hydrogen-bond acceptors (Lipinski definition) is 5. The van der Waals surface area contributed by atoms with Gasteiger partial charge in [-0.25, -0.2) is 18.1 Å². The van der Waals surface area contributed by atoms with Crippen molar-refractivity contribution in [2.75, 3.05) is 16.8 Å². The molecule has 1 aliphatic heterocycles. The van der Waals surface area contributed by atoms with E-state index in [1.54, 1.807) is 23.7 Å². The summed E-state index contributed by atoms with van der Waals surface area (Å²) in [6.07, 6.45) is 1.88. The second kappa shape index (κ2) is 5.93. The molecule has 23 heavy (non-hydrogen) atoms. The van der Waals surface area contributed by atoms with Gasteiger partial charge in [-0.2, -0.15) is 5.10 Å². The molecule has 0 radical (unpaired) electrons. The molecule has 1 amide bonds. The number of nitrogens with zero attached hydrogens (tertiary/aromatic N) is 3.